The van der Waals surface area contributed by atoms with Crippen LogP contribution in [0, 0.1) is 12.7 Å². The van der Waals surface area contributed by atoms with Crippen LogP contribution in [0.5, 0.6) is 0 Å². The van der Waals surface area contributed by atoms with Gasteiger partial charge in [0.1, 0.15) is 5.82 Å². The minimum Gasteiger partial charge on any atom is -0.478 e. The number of carboxylic acids is 1. The van der Waals surface area contributed by atoms with Gasteiger partial charge in [0.05, 0.1) is 11.3 Å². The zero-order valence-electron chi connectivity index (χ0n) is 10.2. The number of hydrogen-bond acceptors (Lipinski definition) is 4. The van der Waals surface area contributed by atoms with Gasteiger partial charge in [-0.25, -0.2) is 9.18 Å². The first kappa shape index (κ1) is 13.4. The first-order valence-electron chi connectivity index (χ1n) is 5.57. The van der Waals surface area contributed by atoms with E-state index in [1.807, 2.05) is 17.7 Å². The van der Waals surface area contributed by atoms with Crippen molar-refractivity contribution in [3.63, 3.8) is 0 Å². The number of nitrogens with one attached hydrogen (secondary N) is 1. The molecular weight excluding hydrogens is 267 g/mol. The zero-order chi connectivity index (χ0) is 14.0. The van der Waals surface area contributed by atoms with Crippen LogP contribution in [0.2, 0.25) is 0 Å². The molecule has 0 aliphatic heterocycles. The fourth-order valence-electron chi connectivity index (χ4n) is 1.67. The number of carboxylic acid groups (broad SMARTS) is 1. The number of benzene rings is 1. The summed E-state index contributed by atoms with van der Waals surface area (Å²) in [6.07, 6.45) is 0. The molecule has 1 aromatic carbocycles. The number of anilines is 2. The maximum atomic E-state index is 13.7. The van der Waals surface area contributed by atoms with Gasteiger partial charge in [-0.2, -0.15) is 11.3 Å². The Morgan fingerprint density at radius 2 is 2.21 bits per heavy atom. The van der Waals surface area contributed by atoms with E-state index in [4.69, 9.17) is 10.8 Å². The van der Waals surface area contributed by atoms with E-state index < -0.39 is 11.8 Å². The van der Waals surface area contributed by atoms with Gasteiger partial charge < -0.3 is 16.2 Å². The van der Waals surface area contributed by atoms with E-state index in [1.165, 1.54) is 6.07 Å². The molecule has 100 valence electrons. The smallest absolute Gasteiger partial charge is 0.337 e. The Balaban J connectivity index is 2.23. The van der Waals surface area contributed by atoms with Gasteiger partial charge in [0.2, 0.25) is 0 Å². The molecule has 0 radical (unpaired) electrons. The summed E-state index contributed by atoms with van der Waals surface area (Å²) in [5.41, 5.74) is 7.58. The monoisotopic (exact) mass is 280 g/mol. The molecule has 0 unspecified atom stereocenters. The van der Waals surface area contributed by atoms with E-state index in [9.17, 15) is 9.18 Å². The van der Waals surface area contributed by atoms with Crippen LogP contribution in [0.4, 0.5) is 15.8 Å². The number of nitrogen functional groups attached to an aromatic ring is 1. The number of hydrogen-bond donors (Lipinski definition) is 3. The third-order valence-electron chi connectivity index (χ3n) is 2.80. The van der Waals surface area contributed by atoms with Gasteiger partial charge in [-0.15, -0.1) is 0 Å². The number of aryl methyl sites for hydroxylation is 1. The molecular formula is C13H13FN2O2S. The van der Waals surface area contributed by atoms with Crippen LogP contribution in [-0.2, 0) is 6.54 Å². The van der Waals surface area contributed by atoms with Crippen LogP contribution in [0.1, 0.15) is 21.5 Å². The molecule has 2 aromatic rings. The Labute approximate surface area is 113 Å². The molecule has 19 heavy (non-hydrogen) atoms. The molecule has 4 N–H and O–H groups in total. The maximum Gasteiger partial charge on any atom is 0.337 e. The number of halogens is 1. The molecule has 0 atom stereocenters. The average molecular weight is 280 g/mol. The standard InChI is InChI=1S/C13H13FN2O2S/c1-7-5-19-6-8(7)4-16-12-2-9(13(17)18)11(15)3-10(12)14/h2-3,5-6,16H,4,15H2,1H3,(H,17,18). The van der Waals surface area contributed by atoms with Crippen molar-refractivity contribution in [1.29, 1.82) is 0 Å². The minimum atomic E-state index is -1.17. The molecule has 1 aromatic heterocycles. The van der Waals surface area contributed by atoms with E-state index >= 15 is 0 Å². The van der Waals surface area contributed by atoms with Crippen molar-refractivity contribution in [2.24, 2.45) is 0 Å². The van der Waals surface area contributed by atoms with Crippen LogP contribution < -0.4 is 11.1 Å². The van der Waals surface area contributed by atoms with Crippen LogP contribution >= 0.6 is 11.3 Å². The highest BCUT2D eigenvalue weighted by molar-refractivity contribution is 7.08. The van der Waals surface area contributed by atoms with Crippen molar-refractivity contribution in [1.82, 2.24) is 0 Å². The first-order valence-corrected chi connectivity index (χ1v) is 6.51. The van der Waals surface area contributed by atoms with Crippen molar-refractivity contribution >= 4 is 28.7 Å². The fourth-order valence-corrected chi connectivity index (χ4v) is 2.52. The van der Waals surface area contributed by atoms with E-state index in [-0.39, 0.29) is 16.9 Å². The summed E-state index contributed by atoms with van der Waals surface area (Å²) in [5.74, 6) is -1.73. The quantitative estimate of drug-likeness (QED) is 0.752. The van der Waals surface area contributed by atoms with Crippen molar-refractivity contribution in [3.05, 3.63) is 45.4 Å². The average Bonchev–Trinajstić information content (AvgIpc) is 2.73. The second kappa shape index (κ2) is 5.27. The number of rotatable bonds is 4. The van der Waals surface area contributed by atoms with E-state index in [2.05, 4.69) is 5.32 Å². The predicted octanol–water partition coefficient (Wildman–Crippen LogP) is 3.09. The summed E-state index contributed by atoms with van der Waals surface area (Å²) >= 11 is 1.57. The lowest BCUT2D eigenvalue weighted by Crippen LogP contribution is -2.07. The highest BCUT2D eigenvalue weighted by Gasteiger charge is 2.13. The van der Waals surface area contributed by atoms with Gasteiger partial charge in [-0.05, 0) is 40.9 Å². The van der Waals surface area contributed by atoms with Crippen LogP contribution in [0.3, 0.4) is 0 Å². The molecule has 1 heterocycles. The van der Waals surface area contributed by atoms with Gasteiger partial charge in [0, 0.05) is 12.2 Å². The zero-order valence-corrected chi connectivity index (χ0v) is 11.1. The Bertz CT molecular complexity index is 625. The fraction of sp³-hybridized carbons (Fsp3) is 0.154. The molecule has 0 bridgehead atoms. The summed E-state index contributed by atoms with van der Waals surface area (Å²) in [7, 11) is 0. The van der Waals surface area contributed by atoms with Crippen molar-refractivity contribution in [2.75, 3.05) is 11.1 Å². The van der Waals surface area contributed by atoms with E-state index in [1.54, 1.807) is 11.3 Å². The molecule has 0 aliphatic carbocycles. The van der Waals surface area contributed by atoms with Crippen molar-refractivity contribution in [2.45, 2.75) is 13.5 Å². The van der Waals surface area contributed by atoms with Gasteiger partial charge in [-0.1, -0.05) is 0 Å². The van der Waals surface area contributed by atoms with Gasteiger partial charge in [0.15, 0.2) is 0 Å². The second-order valence-electron chi connectivity index (χ2n) is 4.16. The topological polar surface area (TPSA) is 75.3 Å². The number of aromatic carboxylic acids is 1. The molecule has 0 saturated heterocycles. The second-order valence-corrected chi connectivity index (χ2v) is 4.90. The largest absolute Gasteiger partial charge is 0.478 e. The lowest BCUT2D eigenvalue weighted by atomic mass is 10.1. The third kappa shape index (κ3) is 2.85. The lowest BCUT2D eigenvalue weighted by molar-refractivity contribution is 0.0698. The molecule has 0 aliphatic rings. The highest BCUT2D eigenvalue weighted by Crippen LogP contribution is 2.23. The summed E-state index contributed by atoms with van der Waals surface area (Å²) in [6, 6.07) is 2.24. The molecule has 0 spiro atoms. The third-order valence-corrected chi connectivity index (χ3v) is 3.71. The predicted molar refractivity (Wildman–Crippen MR) is 74.2 cm³/mol. The molecule has 2 rings (SSSR count). The molecule has 0 saturated carbocycles. The minimum absolute atomic E-state index is 0.0812. The van der Waals surface area contributed by atoms with Crippen molar-refractivity contribution in [3.8, 4) is 0 Å². The Kier molecular flexibility index (Phi) is 3.71. The molecule has 0 amide bonds. The number of thiophene rings is 1. The number of nitrogens with two attached hydrogens (primary N) is 1. The first-order chi connectivity index (χ1) is 8.99. The number of carbonyl (C=O) groups is 1. The summed E-state index contributed by atoms with van der Waals surface area (Å²) in [6.45, 7) is 2.41. The Morgan fingerprint density at radius 1 is 1.47 bits per heavy atom. The Morgan fingerprint density at radius 3 is 2.79 bits per heavy atom. The van der Waals surface area contributed by atoms with Gasteiger partial charge in [0.25, 0.3) is 0 Å². The highest BCUT2D eigenvalue weighted by atomic mass is 32.1. The molecule has 4 nitrogen and oxygen atoms in total. The lowest BCUT2D eigenvalue weighted by Gasteiger charge is -2.10. The van der Waals surface area contributed by atoms with Crippen LogP contribution in [-0.4, -0.2) is 11.1 Å². The van der Waals surface area contributed by atoms with E-state index in [0.29, 0.717) is 6.54 Å². The summed E-state index contributed by atoms with van der Waals surface area (Å²) in [5, 5.41) is 15.8. The summed E-state index contributed by atoms with van der Waals surface area (Å²) in [4.78, 5) is 10.9. The van der Waals surface area contributed by atoms with Crippen LogP contribution in [0.25, 0.3) is 0 Å². The summed E-state index contributed by atoms with van der Waals surface area (Å²) < 4.78 is 13.7. The molecule has 0 fully saturated rings. The SMILES string of the molecule is Cc1cscc1CNc1cc(C(=O)O)c(N)cc1F. The molecule has 6 heteroatoms. The van der Waals surface area contributed by atoms with Gasteiger partial charge >= 0.3 is 5.97 Å². The van der Waals surface area contributed by atoms with Crippen molar-refractivity contribution < 1.29 is 14.3 Å². The maximum absolute atomic E-state index is 13.7. The normalized spacial score (nSPS) is 10.4. The Hall–Kier alpha value is -2.08. The van der Waals surface area contributed by atoms with Gasteiger partial charge in [-0.3, -0.25) is 0 Å². The van der Waals surface area contributed by atoms with Crippen LogP contribution in [0.15, 0.2) is 22.9 Å². The van der Waals surface area contributed by atoms with E-state index in [0.717, 1.165) is 17.2 Å².